The largest absolute Gasteiger partial charge is 0.416 e. The number of benzene rings is 2. The van der Waals surface area contributed by atoms with Crippen LogP contribution >= 0.6 is 0 Å². The Hall–Kier alpha value is -4.13. The normalized spacial score (nSPS) is 18.0. The lowest BCUT2D eigenvalue weighted by molar-refractivity contribution is -0.236. The summed E-state index contributed by atoms with van der Waals surface area (Å²) >= 11 is 0. The number of aliphatic hydroxyl groups is 1. The van der Waals surface area contributed by atoms with Crippen LogP contribution in [0, 0.1) is 11.3 Å². The quantitative estimate of drug-likeness (QED) is 0.235. The minimum atomic E-state index is -4.49. The Balaban J connectivity index is 1.52. The van der Waals surface area contributed by atoms with Gasteiger partial charge in [-0.1, -0.05) is 31.2 Å². The third kappa shape index (κ3) is 9.03. The summed E-state index contributed by atoms with van der Waals surface area (Å²) in [5.74, 6) is -0.626. The van der Waals surface area contributed by atoms with E-state index in [1.54, 1.807) is 4.90 Å². The molecule has 2 N–H and O–H groups in total. The van der Waals surface area contributed by atoms with Crippen molar-refractivity contribution in [1.82, 2.24) is 10.3 Å². The van der Waals surface area contributed by atoms with Crippen molar-refractivity contribution in [3.8, 4) is 6.07 Å². The lowest BCUT2D eigenvalue weighted by Gasteiger charge is -2.41. The molecule has 3 atom stereocenters. The van der Waals surface area contributed by atoms with E-state index in [2.05, 4.69) is 10.3 Å². The first-order valence-corrected chi connectivity index (χ1v) is 16.4. The Kier molecular flexibility index (Phi) is 11.2. The molecule has 252 valence electrons. The van der Waals surface area contributed by atoms with Crippen LogP contribution in [-0.4, -0.2) is 62.1 Å². The number of carbonyl (C=O) groups excluding carboxylic acids is 1. The average Bonchev–Trinajstić information content (AvgIpc) is 3.06. The van der Waals surface area contributed by atoms with E-state index in [0.29, 0.717) is 29.8 Å². The SMILES string of the molecule is CCS(=O)(=O)c1ccc([C@H](CO)NC(=O)c2ccc(N3CC(c4ccc(C(F)(F)F)cc4)CC[C@H]3COC(F)(F)CC#N)nc2)cc1. The molecule has 1 saturated heterocycles. The molecule has 15 heteroatoms. The zero-order chi connectivity index (χ0) is 34.4. The maximum atomic E-state index is 14.0. The molecule has 0 radical (unpaired) electrons. The minimum absolute atomic E-state index is 0.0793. The van der Waals surface area contributed by atoms with Crippen molar-refractivity contribution in [3.05, 3.63) is 89.1 Å². The van der Waals surface area contributed by atoms with Crippen molar-refractivity contribution in [3.63, 3.8) is 0 Å². The van der Waals surface area contributed by atoms with Crippen LogP contribution in [-0.2, 0) is 20.8 Å². The first-order chi connectivity index (χ1) is 22.2. The first-order valence-electron chi connectivity index (χ1n) is 14.7. The first kappa shape index (κ1) is 35.7. The molecule has 47 heavy (non-hydrogen) atoms. The molecule has 1 unspecified atom stereocenters. The number of sulfone groups is 1. The second-order valence-electron chi connectivity index (χ2n) is 11.1. The van der Waals surface area contributed by atoms with Crippen molar-refractivity contribution < 1.29 is 45.0 Å². The molecule has 3 aromatic rings. The highest BCUT2D eigenvalue weighted by Gasteiger charge is 2.36. The maximum absolute atomic E-state index is 14.0. The average molecular weight is 681 g/mol. The van der Waals surface area contributed by atoms with Crippen LogP contribution < -0.4 is 10.2 Å². The summed E-state index contributed by atoms with van der Waals surface area (Å²) in [6.07, 6.45) is -7.24. The number of amides is 1. The molecule has 1 amide bonds. The van der Waals surface area contributed by atoms with E-state index in [1.807, 2.05) is 0 Å². The van der Waals surface area contributed by atoms with Crippen LogP contribution in [0.3, 0.4) is 0 Å². The Bertz CT molecular complexity index is 1660. The van der Waals surface area contributed by atoms with Gasteiger partial charge in [0.1, 0.15) is 12.2 Å². The zero-order valence-electron chi connectivity index (χ0n) is 25.3. The summed E-state index contributed by atoms with van der Waals surface area (Å²) in [6.45, 7) is 0.799. The van der Waals surface area contributed by atoms with Crippen molar-refractivity contribution in [2.45, 2.75) is 61.4 Å². The third-order valence-electron chi connectivity index (χ3n) is 8.00. The van der Waals surface area contributed by atoms with Crippen molar-refractivity contribution in [1.29, 1.82) is 5.26 Å². The molecule has 0 aliphatic carbocycles. The molecule has 1 aromatic heterocycles. The van der Waals surface area contributed by atoms with Crippen molar-refractivity contribution in [2.24, 2.45) is 0 Å². The molecule has 1 aliphatic heterocycles. The summed E-state index contributed by atoms with van der Waals surface area (Å²) in [4.78, 5) is 19.2. The highest BCUT2D eigenvalue weighted by Crippen LogP contribution is 2.36. The molecule has 2 heterocycles. The van der Waals surface area contributed by atoms with E-state index in [4.69, 9.17) is 10.00 Å². The Morgan fingerprint density at radius 1 is 1.09 bits per heavy atom. The van der Waals surface area contributed by atoms with Gasteiger partial charge in [-0.3, -0.25) is 4.79 Å². The molecule has 9 nitrogen and oxygen atoms in total. The molecular formula is C32H33F5N4O5S. The number of rotatable bonds is 12. The van der Waals surface area contributed by atoms with Gasteiger partial charge in [0.2, 0.25) is 0 Å². The van der Waals surface area contributed by atoms with Gasteiger partial charge in [-0.2, -0.15) is 27.2 Å². The van der Waals surface area contributed by atoms with E-state index in [0.717, 1.165) is 12.1 Å². The smallest absolute Gasteiger partial charge is 0.394 e. The van der Waals surface area contributed by atoms with Gasteiger partial charge in [-0.05, 0) is 60.4 Å². The lowest BCUT2D eigenvalue weighted by Crippen LogP contribution is -2.47. The third-order valence-corrected chi connectivity index (χ3v) is 9.75. The topological polar surface area (TPSA) is 133 Å². The summed E-state index contributed by atoms with van der Waals surface area (Å²) in [5, 5.41) is 21.3. The van der Waals surface area contributed by atoms with Gasteiger partial charge in [0.25, 0.3) is 5.91 Å². The lowest BCUT2D eigenvalue weighted by atomic mass is 9.87. The number of ether oxygens (including phenoxy) is 1. The second-order valence-corrected chi connectivity index (χ2v) is 13.3. The number of nitriles is 1. The predicted molar refractivity (Wildman–Crippen MR) is 161 cm³/mol. The van der Waals surface area contributed by atoms with Crippen molar-refractivity contribution in [2.75, 3.05) is 30.4 Å². The van der Waals surface area contributed by atoms with Gasteiger partial charge < -0.3 is 20.1 Å². The fourth-order valence-electron chi connectivity index (χ4n) is 5.30. The van der Waals surface area contributed by atoms with E-state index in [-0.39, 0.29) is 28.7 Å². The standard InChI is InChI=1S/C32H33F5N4O5S/c1-2-47(44,45)27-12-6-22(7-13-27)28(19-42)40-30(43)23-8-14-29(39-17-23)41-18-24(21-3-9-25(10-4-21)32(35,36)37)5-11-26(41)20-46-31(33,34)15-16-38/h3-4,6-10,12-14,17,24,26,28,42H,2,5,11,15,18-20H2,1H3,(H,40,43)/t24?,26-,28-/m0/s1. The summed E-state index contributed by atoms with van der Waals surface area (Å²) in [6, 6.07) is 13.4. The number of anilines is 1. The van der Waals surface area contributed by atoms with Gasteiger partial charge in [-0.25, -0.2) is 13.4 Å². The van der Waals surface area contributed by atoms with Gasteiger partial charge >= 0.3 is 12.3 Å². The number of halogens is 5. The summed E-state index contributed by atoms with van der Waals surface area (Å²) < 4.78 is 96.3. The number of piperidine rings is 1. The highest BCUT2D eigenvalue weighted by molar-refractivity contribution is 7.91. The number of carbonyl (C=O) groups is 1. The Morgan fingerprint density at radius 2 is 1.77 bits per heavy atom. The number of hydrogen-bond donors (Lipinski definition) is 2. The van der Waals surface area contributed by atoms with Gasteiger partial charge in [-0.15, -0.1) is 0 Å². The second kappa shape index (κ2) is 14.7. The van der Waals surface area contributed by atoms with Crippen LogP contribution in [0.2, 0.25) is 0 Å². The van der Waals surface area contributed by atoms with Crippen LogP contribution in [0.4, 0.5) is 27.8 Å². The Labute approximate surface area is 268 Å². The van der Waals surface area contributed by atoms with Gasteiger partial charge in [0.05, 0.1) is 53.1 Å². The minimum Gasteiger partial charge on any atom is -0.394 e. The van der Waals surface area contributed by atoms with Gasteiger partial charge in [0, 0.05) is 18.7 Å². The molecule has 4 rings (SSSR count). The van der Waals surface area contributed by atoms with Crippen LogP contribution in [0.5, 0.6) is 0 Å². The molecule has 2 aromatic carbocycles. The summed E-state index contributed by atoms with van der Waals surface area (Å²) in [7, 11) is -3.43. The summed E-state index contributed by atoms with van der Waals surface area (Å²) in [5.41, 5.74) is 0.421. The molecule has 0 spiro atoms. The number of nitrogens with zero attached hydrogens (tertiary/aromatic N) is 3. The van der Waals surface area contributed by atoms with Crippen LogP contribution in [0.25, 0.3) is 0 Å². The fraction of sp³-hybridized carbons (Fsp3) is 0.406. The Morgan fingerprint density at radius 3 is 2.32 bits per heavy atom. The van der Waals surface area contributed by atoms with E-state index in [1.165, 1.54) is 67.7 Å². The van der Waals surface area contributed by atoms with Gasteiger partial charge in [0.15, 0.2) is 9.84 Å². The predicted octanol–water partition coefficient (Wildman–Crippen LogP) is 5.63. The molecular weight excluding hydrogens is 647 g/mol. The molecule has 0 bridgehead atoms. The highest BCUT2D eigenvalue weighted by atomic mass is 32.2. The van der Waals surface area contributed by atoms with Crippen LogP contribution in [0.15, 0.2) is 71.8 Å². The number of pyridine rings is 1. The van der Waals surface area contributed by atoms with E-state index >= 15 is 0 Å². The number of aliphatic hydroxyl groups excluding tert-OH is 1. The number of nitrogens with one attached hydrogen (secondary N) is 1. The van der Waals surface area contributed by atoms with E-state index in [9.17, 15) is 40.3 Å². The maximum Gasteiger partial charge on any atom is 0.416 e. The molecule has 1 fully saturated rings. The molecule has 0 saturated carbocycles. The van der Waals surface area contributed by atoms with Crippen molar-refractivity contribution >= 4 is 21.6 Å². The number of alkyl halides is 5. The fourth-order valence-corrected chi connectivity index (χ4v) is 6.18. The zero-order valence-corrected chi connectivity index (χ0v) is 26.1. The number of aromatic nitrogens is 1. The number of hydrogen-bond acceptors (Lipinski definition) is 8. The van der Waals surface area contributed by atoms with E-state index < -0.39 is 65.3 Å². The molecule has 1 aliphatic rings. The van der Waals surface area contributed by atoms with Crippen LogP contribution in [0.1, 0.15) is 65.2 Å². The monoisotopic (exact) mass is 680 g/mol.